The lowest BCUT2D eigenvalue weighted by atomic mass is 9.92. The van der Waals surface area contributed by atoms with Crippen LogP contribution in [0.25, 0.3) is 5.57 Å². The molecule has 0 radical (unpaired) electrons. The fourth-order valence-electron chi connectivity index (χ4n) is 3.22. The summed E-state index contributed by atoms with van der Waals surface area (Å²) in [5.74, 6) is 0.0332. The van der Waals surface area contributed by atoms with Crippen LogP contribution in [0.3, 0.4) is 0 Å². The minimum absolute atomic E-state index is 0.0149. The Hall–Kier alpha value is -3.16. The Morgan fingerprint density at radius 3 is 2.38 bits per heavy atom. The summed E-state index contributed by atoms with van der Waals surface area (Å²) in [6.45, 7) is 13.2. The maximum Gasteiger partial charge on any atom is 0.318 e. The minimum Gasteiger partial charge on any atom is -0.417 e. The van der Waals surface area contributed by atoms with Crippen LogP contribution in [0.5, 0.6) is 0 Å². The third-order valence-corrected chi connectivity index (χ3v) is 5.06. The molecule has 2 aromatic rings. The highest BCUT2D eigenvalue weighted by atomic mass is 16.4. The Morgan fingerprint density at radius 1 is 1.14 bits per heavy atom. The van der Waals surface area contributed by atoms with Crippen LogP contribution in [0, 0.1) is 6.92 Å². The molecule has 0 bridgehead atoms. The van der Waals surface area contributed by atoms with Gasteiger partial charge in [0.25, 0.3) is 0 Å². The zero-order valence-corrected chi connectivity index (χ0v) is 17.4. The molecule has 1 aromatic carbocycles. The average molecular weight is 397 g/mol. The van der Waals surface area contributed by atoms with Crippen molar-refractivity contribution in [1.29, 1.82) is 0 Å². The number of benzene rings is 1. The first-order valence-electron chi connectivity index (χ1n) is 9.60. The maximum atomic E-state index is 12.8. The molecule has 0 unspecified atom stereocenters. The molecule has 154 valence electrons. The molecule has 1 aliphatic rings. The van der Waals surface area contributed by atoms with E-state index in [1.54, 1.807) is 16.7 Å². The van der Waals surface area contributed by atoms with E-state index in [-0.39, 0.29) is 17.8 Å². The predicted octanol–water partition coefficient (Wildman–Crippen LogP) is 2.81. The van der Waals surface area contributed by atoms with Gasteiger partial charge in [-0.25, -0.2) is 4.79 Å². The van der Waals surface area contributed by atoms with E-state index in [0.29, 0.717) is 32.1 Å². The van der Waals surface area contributed by atoms with Crippen LogP contribution in [0.1, 0.15) is 48.5 Å². The number of urea groups is 1. The number of nitrogens with zero attached hydrogens (tertiary/aromatic N) is 4. The number of carbonyl (C=O) groups excluding carboxylic acids is 2. The normalized spacial score (nSPS) is 14.6. The molecule has 0 atom stereocenters. The number of aryl methyl sites for hydroxylation is 1. The molecule has 29 heavy (non-hydrogen) atoms. The number of amides is 3. The molecule has 1 saturated heterocycles. The first kappa shape index (κ1) is 20.6. The Balaban J connectivity index is 1.60. The van der Waals surface area contributed by atoms with Crippen molar-refractivity contribution < 1.29 is 14.0 Å². The van der Waals surface area contributed by atoms with Gasteiger partial charge >= 0.3 is 17.8 Å². The Morgan fingerprint density at radius 2 is 1.79 bits per heavy atom. The molecule has 8 nitrogen and oxygen atoms in total. The maximum absolute atomic E-state index is 12.8. The molecule has 3 rings (SSSR count). The van der Waals surface area contributed by atoms with Gasteiger partial charge in [0.1, 0.15) is 0 Å². The van der Waals surface area contributed by atoms with Crippen LogP contribution in [-0.2, 0) is 5.54 Å². The van der Waals surface area contributed by atoms with Crippen molar-refractivity contribution in [3.63, 3.8) is 0 Å². The number of piperazine rings is 1. The van der Waals surface area contributed by atoms with Crippen molar-refractivity contribution in [2.24, 2.45) is 0 Å². The van der Waals surface area contributed by atoms with Gasteiger partial charge in [-0.1, -0.05) is 30.4 Å². The first-order valence-corrected chi connectivity index (χ1v) is 9.60. The second-order valence-corrected chi connectivity index (χ2v) is 7.82. The second-order valence-electron chi connectivity index (χ2n) is 7.82. The quantitative estimate of drug-likeness (QED) is 0.857. The summed E-state index contributed by atoms with van der Waals surface area (Å²) in [5.41, 5.74) is 2.49. The number of carbonyl (C=O) groups is 2. The van der Waals surface area contributed by atoms with Crippen LogP contribution in [0.4, 0.5) is 4.79 Å². The molecular weight excluding hydrogens is 370 g/mol. The van der Waals surface area contributed by atoms with Crippen molar-refractivity contribution in [3.8, 4) is 0 Å². The predicted molar refractivity (Wildman–Crippen MR) is 109 cm³/mol. The molecular formula is C21H27N5O3. The van der Waals surface area contributed by atoms with Gasteiger partial charge in [0, 0.05) is 33.1 Å². The standard InChI is InChI=1S/C21H27N5O3/c1-14(2)16-7-6-8-17(13-16)21(4,5)22-20(28)26-11-9-25(10-12-26)19(27)18-24-23-15(3)29-18/h6-8,13H,1,9-12H2,2-5H3,(H,22,28). The first-order chi connectivity index (χ1) is 13.7. The molecule has 0 aliphatic carbocycles. The molecule has 1 aliphatic heterocycles. The molecule has 0 saturated carbocycles. The summed E-state index contributed by atoms with van der Waals surface area (Å²) in [6, 6.07) is 7.86. The number of aromatic nitrogens is 2. The number of nitrogens with one attached hydrogen (secondary N) is 1. The topological polar surface area (TPSA) is 91.6 Å². The van der Waals surface area contributed by atoms with Gasteiger partial charge in [-0.2, -0.15) is 0 Å². The minimum atomic E-state index is -0.545. The lowest BCUT2D eigenvalue weighted by molar-refractivity contribution is 0.0620. The highest BCUT2D eigenvalue weighted by Gasteiger charge is 2.30. The zero-order chi connectivity index (χ0) is 21.2. The highest BCUT2D eigenvalue weighted by molar-refractivity contribution is 5.89. The highest BCUT2D eigenvalue weighted by Crippen LogP contribution is 2.24. The summed E-state index contributed by atoms with van der Waals surface area (Å²) in [5, 5.41) is 10.6. The number of hydrogen-bond acceptors (Lipinski definition) is 5. The van der Waals surface area contributed by atoms with Crippen molar-refractivity contribution in [3.05, 3.63) is 53.8 Å². The third kappa shape index (κ3) is 4.64. The smallest absolute Gasteiger partial charge is 0.318 e. The van der Waals surface area contributed by atoms with E-state index < -0.39 is 5.54 Å². The van der Waals surface area contributed by atoms with Gasteiger partial charge in [-0.05, 0) is 38.0 Å². The van der Waals surface area contributed by atoms with E-state index in [1.807, 2.05) is 45.0 Å². The Bertz CT molecular complexity index is 926. The monoisotopic (exact) mass is 397 g/mol. The van der Waals surface area contributed by atoms with Gasteiger partial charge in [0.05, 0.1) is 5.54 Å². The zero-order valence-electron chi connectivity index (χ0n) is 17.4. The number of hydrogen-bond donors (Lipinski definition) is 1. The van der Waals surface area contributed by atoms with E-state index in [2.05, 4.69) is 22.1 Å². The Labute approximate surface area is 170 Å². The summed E-state index contributed by atoms with van der Waals surface area (Å²) < 4.78 is 5.20. The van der Waals surface area contributed by atoms with Gasteiger partial charge in [0.2, 0.25) is 5.89 Å². The molecule has 0 spiro atoms. The molecule has 1 N–H and O–H groups in total. The van der Waals surface area contributed by atoms with Gasteiger partial charge in [0.15, 0.2) is 0 Å². The van der Waals surface area contributed by atoms with Crippen molar-refractivity contribution in [1.82, 2.24) is 25.3 Å². The van der Waals surface area contributed by atoms with E-state index in [9.17, 15) is 9.59 Å². The molecule has 2 heterocycles. The molecule has 8 heteroatoms. The average Bonchev–Trinajstić information content (AvgIpc) is 3.13. The van der Waals surface area contributed by atoms with Gasteiger partial charge in [-0.15, -0.1) is 10.2 Å². The van der Waals surface area contributed by atoms with Crippen LogP contribution in [0.2, 0.25) is 0 Å². The summed E-state index contributed by atoms with van der Waals surface area (Å²) >= 11 is 0. The number of allylic oxidation sites excluding steroid dienone is 1. The lowest BCUT2D eigenvalue weighted by Crippen LogP contribution is -2.55. The fraction of sp³-hybridized carbons (Fsp3) is 0.429. The molecule has 1 aromatic heterocycles. The fourth-order valence-corrected chi connectivity index (χ4v) is 3.22. The lowest BCUT2D eigenvalue weighted by Gasteiger charge is -2.36. The summed E-state index contributed by atoms with van der Waals surface area (Å²) in [6.07, 6.45) is 0. The number of rotatable bonds is 4. The summed E-state index contributed by atoms with van der Waals surface area (Å²) in [4.78, 5) is 28.5. The van der Waals surface area contributed by atoms with Crippen LogP contribution >= 0.6 is 0 Å². The van der Waals surface area contributed by atoms with Crippen LogP contribution in [-0.4, -0.2) is 58.1 Å². The Kier molecular flexibility index (Phi) is 5.72. The van der Waals surface area contributed by atoms with E-state index in [4.69, 9.17) is 4.42 Å². The van der Waals surface area contributed by atoms with Crippen molar-refractivity contribution in [2.45, 2.75) is 33.2 Å². The van der Waals surface area contributed by atoms with E-state index in [1.165, 1.54) is 0 Å². The van der Waals surface area contributed by atoms with Crippen molar-refractivity contribution in [2.75, 3.05) is 26.2 Å². The molecule has 3 amide bonds. The van der Waals surface area contributed by atoms with E-state index >= 15 is 0 Å². The largest absolute Gasteiger partial charge is 0.417 e. The third-order valence-electron chi connectivity index (χ3n) is 5.06. The second kappa shape index (κ2) is 8.06. The van der Waals surface area contributed by atoms with Crippen LogP contribution in [0.15, 0.2) is 35.3 Å². The molecule has 1 fully saturated rings. The summed E-state index contributed by atoms with van der Waals surface area (Å²) in [7, 11) is 0. The van der Waals surface area contributed by atoms with Gasteiger partial charge in [-0.3, -0.25) is 4.79 Å². The van der Waals surface area contributed by atoms with E-state index in [0.717, 1.165) is 16.7 Å². The SMILES string of the molecule is C=C(C)c1cccc(C(C)(C)NC(=O)N2CCN(C(=O)c3nnc(C)o3)CC2)c1. The van der Waals surface area contributed by atoms with Crippen LogP contribution < -0.4 is 5.32 Å². The van der Waals surface area contributed by atoms with Gasteiger partial charge < -0.3 is 19.5 Å². The van der Waals surface area contributed by atoms with Crippen molar-refractivity contribution >= 4 is 17.5 Å².